The van der Waals surface area contributed by atoms with Gasteiger partial charge in [-0.15, -0.1) is 12.8 Å². The fourth-order valence-corrected chi connectivity index (χ4v) is 2.41. The number of terminal acetylenes is 1. The molecular formula is C25H30FN3O2. The van der Waals surface area contributed by atoms with Crippen LogP contribution in [0.5, 0.6) is 11.5 Å². The van der Waals surface area contributed by atoms with Crippen molar-refractivity contribution in [1.82, 2.24) is 0 Å². The molecule has 31 heavy (non-hydrogen) atoms. The van der Waals surface area contributed by atoms with Crippen molar-refractivity contribution < 1.29 is 13.9 Å². The minimum absolute atomic E-state index is 0.0220. The smallest absolute Gasteiger partial charge is 0.148 e. The number of rotatable bonds is 9. The molecule has 2 N–H and O–H groups in total. The van der Waals surface area contributed by atoms with Crippen LogP contribution in [-0.2, 0) is 4.79 Å². The molecule has 2 aromatic rings. The van der Waals surface area contributed by atoms with E-state index in [9.17, 15) is 9.18 Å². The molecule has 0 amide bonds. The third-order valence-electron chi connectivity index (χ3n) is 3.95. The third-order valence-corrected chi connectivity index (χ3v) is 3.95. The highest BCUT2D eigenvalue weighted by Crippen LogP contribution is 2.28. The van der Waals surface area contributed by atoms with Gasteiger partial charge in [0.05, 0.1) is 12.1 Å². The molecule has 0 heterocycles. The Morgan fingerprint density at radius 1 is 1.19 bits per heavy atom. The van der Waals surface area contributed by atoms with E-state index in [4.69, 9.17) is 15.4 Å². The van der Waals surface area contributed by atoms with Crippen LogP contribution in [0.3, 0.4) is 0 Å². The van der Waals surface area contributed by atoms with Crippen LogP contribution in [0.4, 0.5) is 10.1 Å². The van der Waals surface area contributed by atoms with Crippen LogP contribution in [0.15, 0.2) is 36.4 Å². The summed E-state index contributed by atoms with van der Waals surface area (Å²) in [5, 5.41) is 19.4. The van der Waals surface area contributed by atoms with Crippen LogP contribution < -0.4 is 10.1 Å². The van der Waals surface area contributed by atoms with Crippen LogP contribution in [0.1, 0.15) is 57.6 Å². The number of nitrogens with one attached hydrogen (secondary N) is 2. The van der Waals surface area contributed by atoms with E-state index in [1.807, 2.05) is 6.07 Å². The van der Waals surface area contributed by atoms with Crippen molar-refractivity contribution in [3.05, 3.63) is 53.3 Å². The van der Waals surface area contributed by atoms with Crippen LogP contribution in [0.25, 0.3) is 0 Å². The summed E-state index contributed by atoms with van der Waals surface area (Å²) >= 11 is 0. The largest absolute Gasteiger partial charge is 0.456 e. The molecule has 0 spiro atoms. The normalized spacial score (nSPS) is 9.06. The van der Waals surface area contributed by atoms with Gasteiger partial charge in [-0.1, -0.05) is 39.5 Å². The molecule has 0 atom stereocenters. The van der Waals surface area contributed by atoms with Gasteiger partial charge in [0.2, 0.25) is 0 Å². The molecule has 5 nitrogen and oxygen atoms in total. The Morgan fingerprint density at radius 2 is 1.84 bits per heavy atom. The Bertz CT molecular complexity index is 897. The highest BCUT2D eigenvalue weighted by molar-refractivity contribution is 5.88. The Kier molecular flexibility index (Phi) is 14.3. The highest BCUT2D eigenvalue weighted by atomic mass is 19.1. The van der Waals surface area contributed by atoms with Gasteiger partial charge in [0.15, 0.2) is 0 Å². The maximum absolute atomic E-state index is 13.1. The van der Waals surface area contributed by atoms with E-state index in [1.54, 1.807) is 18.2 Å². The number of ether oxygens (including phenoxy) is 1. The molecule has 0 saturated carbocycles. The summed E-state index contributed by atoms with van der Waals surface area (Å²) in [6.07, 6.45) is 14.7. The summed E-state index contributed by atoms with van der Waals surface area (Å²) in [6.45, 7) is 6.09. The van der Waals surface area contributed by atoms with Gasteiger partial charge >= 0.3 is 0 Å². The summed E-state index contributed by atoms with van der Waals surface area (Å²) in [7, 11) is 0. The number of unbranched alkanes of at least 4 members (excludes halogenated alkanes) is 3. The number of nitrogens with zero attached hydrogens (tertiary/aromatic N) is 1. The number of nitriles is 1. The zero-order valence-corrected chi connectivity index (χ0v) is 18.4. The number of hydrogen-bond donors (Lipinski definition) is 2. The number of benzene rings is 2. The third kappa shape index (κ3) is 10.6. The topological polar surface area (TPSA) is 86.0 Å². The van der Waals surface area contributed by atoms with Crippen LogP contribution in [-0.4, -0.2) is 18.5 Å². The van der Waals surface area contributed by atoms with Crippen molar-refractivity contribution in [1.29, 1.82) is 10.7 Å². The van der Waals surface area contributed by atoms with Crippen molar-refractivity contribution in [2.45, 2.75) is 46.5 Å². The second kappa shape index (κ2) is 16.2. The molecule has 0 unspecified atom stereocenters. The average molecular weight is 424 g/mol. The van der Waals surface area contributed by atoms with E-state index >= 15 is 0 Å². The van der Waals surface area contributed by atoms with Crippen molar-refractivity contribution in [3.8, 4) is 30.4 Å². The minimum atomic E-state index is -0.516. The lowest BCUT2D eigenvalue weighted by Crippen LogP contribution is -2.11. The molecule has 0 aromatic heterocycles. The number of Topliss-reactive ketones (excluding diaryl/α,β-unsaturated/α-hetero) is 1. The van der Waals surface area contributed by atoms with Crippen LogP contribution >= 0.6 is 0 Å². The first-order chi connectivity index (χ1) is 14.9. The standard InChI is InChI=1S/C17H14FN3O2.C6H14.C2H2/c1-11(22)10-21-16-4-3-15(7-12(16)8-19)23-17-5-2-14(18)6-13(17)9-20;1-3-5-6-4-2;1-2/h2-8,19,21H,10H2,1H3;3-6H2,1-2H3;1-2H. The summed E-state index contributed by atoms with van der Waals surface area (Å²) in [5.74, 6) is 0.0957. The van der Waals surface area contributed by atoms with Gasteiger partial charge in [0.1, 0.15) is 29.2 Å². The van der Waals surface area contributed by atoms with Gasteiger partial charge in [0, 0.05) is 17.5 Å². The summed E-state index contributed by atoms with van der Waals surface area (Å²) < 4.78 is 18.7. The fraction of sp³-hybridized carbons (Fsp3) is 0.320. The van der Waals surface area contributed by atoms with E-state index in [1.165, 1.54) is 44.7 Å². The first-order valence-corrected chi connectivity index (χ1v) is 10.0. The summed E-state index contributed by atoms with van der Waals surface area (Å²) in [5.41, 5.74) is 1.24. The predicted molar refractivity (Wildman–Crippen MR) is 124 cm³/mol. The van der Waals surface area contributed by atoms with Gasteiger partial charge in [0.25, 0.3) is 0 Å². The summed E-state index contributed by atoms with van der Waals surface area (Å²) in [6, 6.07) is 10.5. The van der Waals surface area contributed by atoms with Crippen molar-refractivity contribution in [2.75, 3.05) is 11.9 Å². The molecule has 0 saturated heterocycles. The SMILES string of the molecule is C#C.CC(=O)CNc1ccc(Oc2ccc(F)cc2C#N)cc1C=N.CCCCCC. The second-order valence-corrected chi connectivity index (χ2v) is 6.51. The monoisotopic (exact) mass is 423 g/mol. The quantitative estimate of drug-likeness (QED) is 0.280. The highest BCUT2D eigenvalue weighted by Gasteiger charge is 2.08. The van der Waals surface area contributed by atoms with Gasteiger partial charge in [-0.25, -0.2) is 4.39 Å². The number of anilines is 1. The molecule has 2 rings (SSSR count). The van der Waals surface area contributed by atoms with Gasteiger partial charge in [-0.3, -0.25) is 4.79 Å². The second-order valence-electron chi connectivity index (χ2n) is 6.51. The van der Waals surface area contributed by atoms with E-state index in [0.717, 1.165) is 12.3 Å². The lowest BCUT2D eigenvalue weighted by molar-refractivity contribution is -0.115. The van der Waals surface area contributed by atoms with E-state index in [-0.39, 0.29) is 23.6 Å². The molecule has 0 fully saturated rings. The Hall–Kier alpha value is -3.64. The number of carbonyl (C=O) groups excluding carboxylic acids is 1. The number of halogens is 1. The van der Waals surface area contributed by atoms with Crippen molar-refractivity contribution in [3.63, 3.8) is 0 Å². The van der Waals surface area contributed by atoms with Crippen LogP contribution in [0, 0.1) is 35.4 Å². The zero-order chi connectivity index (χ0) is 23.6. The van der Waals surface area contributed by atoms with Crippen molar-refractivity contribution in [2.24, 2.45) is 0 Å². The number of carbonyl (C=O) groups is 1. The maximum Gasteiger partial charge on any atom is 0.148 e. The van der Waals surface area contributed by atoms with Crippen molar-refractivity contribution >= 4 is 17.7 Å². The molecular weight excluding hydrogens is 393 g/mol. The van der Waals surface area contributed by atoms with E-state index in [2.05, 4.69) is 32.0 Å². The van der Waals surface area contributed by atoms with Gasteiger partial charge < -0.3 is 15.5 Å². The number of hydrogen-bond acceptors (Lipinski definition) is 5. The first kappa shape index (κ1) is 27.4. The predicted octanol–water partition coefficient (Wildman–Crippen LogP) is 6.32. The first-order valence-electron chi connectivity index (χ1n) is 10.0. The fourth-order valence-electron chi connectivity index (χ4n) is 2.41. The maximum atomic E-state index is 13.1. The lowest BCUT2D eigenvalue weighted by atomic mass is 10.1. The zero-order valence-electron chi connectivity index (χ0n) is 18.4. The van der Waals surface area contributed by atoms with E-state index in [0.29, 0.717) is 17.0 Å². The Labute approximate surface area is 184 Å². The molecule has 0 aliphatic rings. The Balaban J connectivity index is 0.000000970. The molecule has 0 aliphatic heterocycles. The Morgan fingerprint density at radius 3 is 2.35 bits per heavy atom. The van der Waals surface area contributed by atoms with Gasteiger partial charge in [-0.2, -0.15) is 5.26 Å². The molecule has 2 aromatic carbocycles. The number of ketones is 1. The lowest BCUT2D eigenvalue weighted by Gasteiger charge is -2.12. The summed E-state index contributed by atoms with van der Waals surface area (Å²) in [4.78, 5) is 11.0. The molecule has 164 valence electrons. The molecule has 0 aliphatic carbocycles. The average Bonchev–Trinajstić information content (AvgIpc) is 2.79. The van der Waals surface area contributed by atoms with Crippen LogP contribution in [0.2, 0.25) is 0 Å². The molecule has 0 radical (unpaired) electrons. The molecule has 6 heteroatoms. The minimum Gasteiger partial charge on any atom is -0.456 e. The van der Waals surface area contributed by atoms with E-state index < -0.39 is 5.82 Å². The molecule has 0 bridgehead atoms. The van der Waals surface area contributed by atoms with Gasteiger partial charge in [-0.05, 0) is 43.3 Å².